The molecule has 0 saturated carbocycles. The van der Waals surface area contributed by atoms with Crippen LogP contribution in [-0.2, 0) is 6.67 Å². The summed E-state index contributed by atoms with van der Waals surface area (Å²) < 4.78 is 1.37. The van der Waals surface area contributed by atoms with E-state index in [2.05, 4.69) is 28.7 Å². The van der Waals surface area contributed by atoms with E-state index in [1.54, 1.807) is 0 Å². The zero-order valence-electron chi connectivity index (χ0n) is 11.9. The van der Waals surface area contributed by atoms with Gasteiger partial charge in [0.25, 0.3) is 5.56 Å². The molecule has 1 aromatic rings. The fourth-order valence-electron chi connectivity index (χ4n) is 2.36. The van der Waals surface area contributed by atoms with E-state index in [0.29, 0.717) is 12.6 Å². The Morgan fingerprint density at radius 2 is 1.80 bits per heavy atom. The number of nitrogens with zero attached hydrogens (tertiary/aromatic N) is 4. The Kier molecular flexibility index (Phi) is 5.43. The molecule has 1 aromatic heterocycles. The molecule has 7 heteroatoms. The molecule has 0 bridgehead atoms. The van der Waals surface area contributed by atoms with E-state index in [-0.39, 0.29) is 15.6 Å². The van der Waals surface area contributed by atoms with E-state index in [1.165, 1.54) is 10.9 Å². The van der Waals surface area contributed by atoms with Crippen molar-refractivity contribution in [3.8, 4) is 0 Å². The van der Waals surface area contributed by atoms with Crippen LogP contribution in [0.5, 0.6) is 0 Å². The molecule has 0 spiro atoms. The number of hydrogen-bond donors (Lipinski definition) is 0. The van der Waals surface area contributed by atoms with Crippen LogP contribution in [0.3, 0.4) is 0 Å². The first-order valence-electron chi connectivity index (χ1n) is 6.83. The van der Waals surface area contributed by atoms with Crippen LogP contribution >= 0.6 is 23.2 Å². The minimum Gasteiger partial charge on any atom is -0.301 e. The molecule has 1 fully saturated rings. The summed E-state index contributed by atoms with van der Waals surface area (Å²) in [5.74, 6) is 0.681. The van der Waals surface area contributed by atoms with Crippen LogP contribution in [0.1, 0.15) is 13.8 Å². The predicted molar refractivity (Wildman–Crippen MR) is 81.4 cm³/mol. The monoisotopic (exact) mass is 318 g/mol. The lowest BCUT2D eigenvalue weighted by Gasteiger charge is -2.35. The molecule has 0 radical (unpaired) electrons. The van der Waals surface area contributed by atoms with Crippen LogP contribution in [0.4, 0.5) is 0 Å². The largest absolute Gasteiger partial charge is 0.301 e. The second kappa shape index (κ2) is 6.89. The fraction of sp³-hybridized carbons (Fsp3) is 0.692. The van der Waals surface area contributed by atoms with E-state index >= 15 is 0 Å². The number of rotatable bonds is 4. The molecule has 2 heterocycles. The van der Waals surface area contributed by atoms with Crippen molar-refractivity contribution in [1.82, 2.24) is 19.6 Å². The third kappa shape index (κ3) is 3.95. The highest BCUT2D eigenvalue weighted by atomic mass is 35.5. The molecule has 20 heavy (non-hydrogen) atoms. The maximum Gasteiger partial charge on any atom is 0.288 e. The van der Waals surface area contributed by atoms with Crippen LogP contribution in [0.25, 0.3) is 0 Å². The fourth-order valence-corrected chi connectivity index (χ4v) is 2.64. The molecule has 5 nitrogen and oxygen atoms in total. The number of aromatic nitrogens is 2. The van der Waals surface area contributed by atoms with Crippen molar-refractivity contribution in [2.75, 3.05) is 32.7 Å². The quantitative estimate of drug-likeness (QED) is 0.848. The maximum absolute atomic E-state index is 11.9. The van der Waals surface area contributed by atoms with Crippen molar-refractivity contribution in [3.63, 3.8) is 0 Å². The van der Waals surface area contributed by atoms with Crippen molar-refractivity contribution < 1.29 is 0 Å². The second-order valence-corrected chi connectivity index (χ2v) is 6.35. The van der Waals surface area contributed by atoms with Gasteiger partial charge in [-0.1, -0.05) is 37.0 Å². The van der Waals surface area contributed by atoms with Crippen molar-refractivity contribution in [1.29, 1.82) is 0 Å². The van der Waals surface area contributed by atoms with E-state index in [1.807, 2.05) is 0 Å². The van der Waals surface area contributed by atoms with Gasteiger partial charge in [-0.2, -0.15) is 5.10 Å². The van der Waals surface area contributed by atoms with Gasteiger partial charge in [-0.05, 0) is 5.92 Å². The van der Waals surface area contributed by atoms with Crippen LogP contribution in [0, 0.1) is 5.92 Å². The van der Waals surface area contributed by atoms with Crippen molar-refractivity contribution in [3.05, 3.63) is 26.6 Å². The Morgan fingerprint density at radius 3 is 2.40 bits per heavy atom. The van der Waals surface area contributed by atoms with Crippen LogP contribution in [0.15, 0.2) is 11.0 Å². The summed E-state index contributed by atoms with van der Waals surface area (Å²) in [6.07, 6.45) is 1.42. The first-order valence-corrected chi connectivity index (χ1v) is 7.59. The molecule has 2 rings (SSSR count). The minimum atomic E-state index is -0.330. The van der Waals surface area contributed by atoms with Gasteiger partial charge in [-0.25, -0.2) is 4.68 Å². The lowest BCUT2D eigenvalue weighted by atomic mass is 10.2. The highest BCUT2D eigenvalue weighted by Gasteiger charge is 2.18. The van der Waals surface area contributed by atoms with Crippen molar-refractivity contribution in [2.45, 2.75) is 20.5 Å². The van der Waals surface area contributed by atoms with Gasteiger partial charge in [-0.15, -0.1) is 0 Å². The van der Waals surface area contributed by atoms with Crippen molar-refractivity contribution in [2.24, 2.45) is 5.92 Å². The number of piperazine rings is 1. The molecular weight excluding hydrogens is 299 g/mol. The summed E-state index contributed by atoms with van der Waals surface area (Å²) in [5, 5.41) is 4.28. The van der Waals surface area contributed by atoms with Crippen LogP contribution in [-0.4, -0.2) is 52.3 Å². The lowest BCUT2D eigenvalue weighted by Crippen LogP contribution is -2.48. The normalized spacial score (nSPS) is 17.9. The third-order valence-electron chi connectivity index (χ3n) is 3.36. The van der Waals surface area contributed by atoms with Gasteiger partial charge in [0.1, 0.15) is 5.02 Å². The molecule has 0 amide bonds. The molecule has 0 unspecified atom stereocenters. The molecular formula is C13H20Cl2N4O. The standard InChI is InChI=1S/C13H20Cl2N4O/c1-10(2)8-17-3-5-18(6-4-17)9-19-13(20)12(15)11(14)7-16-19/h7,10H,3-6,8-9H2,1-2H3. The van der Waals surface area contributed by atoms with Gasteiger partial charge in [-0.3, -0.25) is 9.69 Å². The summed E-state index contributed by atoms with van der Waals surface area (Å²) in [6, 6.07) is 0. The Bertz CT molecular complexity index is 510. The van der Waals surface area contributed by atoms with Crippen molar-refractivity contribution >= 4 is 23.2 Å². The van der Waals surface area contributed by atoms with Gasteiger partial charge in [0.05, 0.1) is 17.9 Å². The van der Waals surface area contributed by atoms with E-state index in [0.717, 1.165) is 32.7 Å². The summed E-state index contributed by atoms with van der Waals surface area (Å²) >= 11 is 11.6. The summed E-state index contributed by atoms with van der Waals surface area (Å²) in [4.78, 5) is 16.6. The van der Waals surface area contributed by atoms with Crippen LogP contribution < -0.4 is 5.56 Å². The Morgan fingerprint density at radius 1 is 1.20 bits per heavy atom. The van der Waals surface area contributed by atoms with Crippen LogP contribution in [0.2, 0.25) is 10.0 Å². The second-order valence-electron chi connectivity index (χ2n) is 5.57. The smallest absolute Gasteiger partial charge is 0.288 e. The average molecular weight is 319 g/mol. The van der Waals surface area contributed by atoms with Gasteiger partial charge in [0.15, 0.2) is 0 Å². The number of hydrogen-bond acceptors (Lipinski definition) is 4. The highest BCUT2D eigenvalue weighted by molar-refractivity contribution is 6.41. The summed E-state index contributed by atoms with van der Waals surface area (Å²) in [5.41, 5.74) is -0.330. The summed E-state index contributed by atoms with van der Waals surface area (Å²) in [6.45, 7) is 9.95. The van der Waals surface area contributed by atoms with Gasteiger partial charge < -0.3 is 4.90 Å². The maximum atomic E-state index is 11.9. The first kappa shape index (κ1) is 15.8. The Hall–Kier alpha value is -0.620. The zero-order chi connectivity index (χ0) is 14.7. The Balaban J connectivity index is 1.93. The Labute approximate surface area is 129 Å². The molecule has 0 aliphatic carbocycles. The molecule has 1 aliphatic heterocycles. The van der Waals surface area contributed by atoms with E-state index in [4.69, 9.17) is 23.2 Å². The van der Waals surface area contributed by atoms with Gasteiger partial charge >= 0.3 is 0 Å². The lowest BCUT2D eigenvalue weighted by molar-refractivity contribution is 0.0940. The van der Waals surface area contributed by atoms with Gasteiger partial charge in [0, 0.05) is 32.7 Å². The molecule has 1 aliphatic rings. The highest BCUT2D eigenvalue weighted by Crippen LogP contribution is 2.14. The van der Waals surface area contributed by atoms with E-state index < -0.39 is 0 Å². The van der Waals surface area contributed by atoms with Gasteiger partial charge in [0.2, 0.25) is 0 Å². The molecule has 0 N–H and O–H groups in total. The summed E-state index contributed by atoms with van der Waals surface area (Å²) in [7, 11) is 0. The molecule has 0 aromatic carbocycles. The third-order valence-corrected chi connectivity index (χ3v) is 4.11. The topological polar surface area (TPSA) is 41.4 Å². The first-order chi connectivity index (χ1) is 9.47. The number of halogens is 2. The molecule has 1 saturated heterocycles. The zero-order valence-corrected chi connectivity index (χ0v) is 13.4. The molecule has 0 atom stereocenters. The average Bonchev–Trinajstić information content (AvgIpc) is 2.41. The predicted octanol–water partition coefficient (Wildman–Crippen LogP) is 1.78. The van der Waals surface area contributed by atoms with E-state index in [9.17, 15) is 4.79 Å². The molecule has 112 valence electrons. The SMILES string of the molecule is CC(C)CN1CCN(Cn2ncc(Cl)c(Cl)c2=O)CC1. The minimum absolute atomic E-state index is 0.0418.